The number of anilines is 1. The number of hydrogen-bond donors (Lipinski definition) is 2. The van der Waals surface area contributed by atoms with Gasteiger partial charge in [-0.3, -0.25) is 4.79 Å². The highest BCUT2D eigenvalue weighted by molar-refractivity contribution is 5.85. The first kappa shape index (κ1) is 12.7. The van der Waals surface area contributed by atoms with Crippen molar-refractivity contribution in [2.24, 2.45) is 0 Å². The minimum absolute atomic E-state index is 0. The monoisotopic (exact) mass is 216 g/mol. The zero-order chi connectivity index (χ0) is 9.68. The van der Waals surface area contributed by atoms with Crippen LogP contribution in [0.2, 0.25) is 0 Å². The van der Waals surface area contributed by atoms with E-state index >= 15 is 0 Å². The number of aromatic nitrogens is 1. The molecule has 1 aromatic heterocycles. The normalized spacial score (nSPS) is 9.14. The van der Waals surface area contributed by atoms with Gasteiger partial charge in [0.15, 0.2) is 0 Å². The second-order valence-electron chi connectivity index (χ2n) is 2.80. The lowest BCUT2D eigenvalue weighted by Gasteiger charge is -1.99. The number of nitrogens with two attached hydrogens (primary N) is 1. The van der Waals surface area contributed by atoms with E-state index in [2.05, 4.69) is 4.98 Å². The SMILES string of the molecule is Cl.Nc1cccc(CCCC(=O)O)n1. The number of carboxylic acid groups (broad SMARTS) is 1. The summed E-state index contributed by atoms with van der Waals surface area (Å²) in [7, 11) is 0. The van der Waals surface area contributed by atoms with E-state index in [1.54, 1.807) is 6.07 Å². The Hall–Kier alpha value is -1.29. The number of pyridine rings is 1. The maximum absolute atomic E-state index is 10.2. The zero-order valence-corrected chi connectivity index (χ0v) is 8.46. The van der Waals surface area contributed by atoms with Gasteiger partial charge < -0.3 is 10.8 Å². The van der Waals surface area contributed by atoms with Crippen LogP contribution in [-0.2, 0) is 11.2 Å². The summed E-state index contributed by atoms with van der Waals surface area (Å²) in [5.41, 5.74) is 6.31. The molecule has 0 fully saturated rings. The Morgan fingerprint density at radius 3 is 2.79 bits per heavy atom. The first-order valence-corrected chi connectivity index (χ1v) is 4.11. The number of hydrogen-bond acceptors (Lipinski definition) is 3. The van der Waals surface area contributed by atoms with Crippen molar-refractivity contribution >= 4 is 24.2 Å². The fraction of sp³-hybridized carbons (Fsp3) is 0.333. The average Bonchev–Trinajstić information content (AvgIpc) is 2.03. The van der Waals surface area contributed by atoms with Crippen LogP contribution >= 0.6 is 12.4 Å². The van der Waals surface area contributed by atoms with Gasteiger partial charge in [0, 0.05) is 12.1 Å². The summed E-state index contributed by atoms with van der Waals surface area (Å²) in [5, 5.41) is 8.40. The molecule has 3 N–H and O–H groups in total. The number of carboxylic acids is 1. The van der Waals surface area contributed by atoms with Crippen LogP contribution in [0.15, 0.2) is 18.2 Å². The Morgan fingerprint density at radius 1 is 1.50 bits per heavy atom. The molecule has 1 rings (SSSR count). The van der Waals surface area contributed by atoms with E-state index in [1.165, 1.54) is 0 Å². The Morgan fingerprint density at radius 2 is 2.21 bits per heavy atom. The molecule has 1 heterocycles. The third kappa shape index (κ3) is 4.67. The van der Waals surface area contributed by atoms with E-state index in [0.717, 1.165) is 5.69 Å². The lowest BCUT2D eigenvalue weighted by Crippen LogP contribution is -1.98. The second-order valence-corrected chi connectivity index (χ2v) is 2.80. The number of carbonyl (C=O) groups is 1. The zero-order valence-electron chi connectivity index (χ0n) is 7.64. The van der Waals surface area contributed by atoms with Crippen molar-refractivity contribution in [2.75, 3.05) is 5.73 Å². The van der Waals surface area contributed by atoms with E-state index in [4.69, 9.17) is 10.8 Å². The Bertz CT molecular complexity index is 305. The van der Waals surface area contributed by atoms with Crippen LogP contribution in [0.1, 0.15) is 18.5 Å². The third-order valence-corrected chi connectivity index (χ3v) is 1.65. The Balaban J connectivity index is 0.00000169. The maximum Gasteiger partial charge on any atom is 0.303 e. The summed E-state index contributed by atoms with van der Waals surface area (Å²) >= 11 is 0. The number of aryl methyl sites for hydroxylation is 1. The molecule has 1 aromatic rings. The second kappa shape index (κ2) is 6.21. The molecule has 4 nitrogen and oxygen atoms in total. The van der Waals surface area contributed by atoms with Crippen LogP contribution in [0, 0.1) is 0 Å². The summed E-state index contributed by atoms with van der Waals surface area (Å²) < 4.78 is 0. The summed E-state index contributed by atoms with van der Waals surface area (Å²) in [6.45, 7) is 0. The standard InChI is InChI=1S/C9H12N2O2.ClH/c10-8-5-1-3-7(11-8)4-2-6-9(12)13;/h1,3,5H,2,4,6H2,(H2,10,11)(H,12,13);1H. The van der Waals surface area contributed by atoms with Crippen molar-refractivity contribution in [2.45, 2.75) is 19.3 Å². The largest absolute Gasteiger partial charge is 0.481 e. The number of nitrogens with zero attached hydrogens (tertiary/aromatic N) is 1. The van der Waals surface area contributed by atoms with Crippen molar-refractivity contribution in [3.8, 4) is 0 Å². The summed E-state index contributed by atoms with van der Waals surface area (Å²) in [6, 6.07) is 5.37. The van der Waals surface area contributed by atoms with E-state index < -0.39 is 5.97 Å². The molecule has 0 aliphatic heterocycles. The van der Waals surface area contributed by atoms with E-state index in [1.807, 2.05) is 12.1 Å². The number of halogens is 1. The van der Waals surface area contributed by atoms with Gasteiger partial charge in [0.1, 0.15) is 5.82 Å². The average molecular weight is 217 g/mol. The van der Waals surface area contributed by atoms with Gasteiger partial charge >= 0.3 is 5.97 Å². The predicted molar refractivity (Wildman–Crippen MR) is 56.5 cm³/mol. The van der Waals surface area contributed by atoms with Crippen molar-refractivity contribution in [3.05, 3.63) is 23.9 Å². The van der Waals surface area contributed by atoms with E-state index in [0.29, 0.717) is 18.7 Å². The molecule has 0 unspecified atom stereocenters. The highest BCUT2D eigenvalue weighted by Crippen LogP contribution is 2.04. The van der Waals surface area contributed by atoms with Gasteiger partial charge in [-0.15, -0.1) is 12.4 Å². The minimum Gasteiger partial charge on any atom is -0.481 e. The fourth-order valence-electron chi connectivity index (χ4n) is 1.06. The van der Waals surface area contributed by atoms with Gasteiger partial charge in [-0.05, 0) is 25.0 Å². The molecule has 0 aliphatic rings. The van der Waals surface area contributed by atoms with Crippen molar-refractivity contribution in [1.29, 1.82) is 0 Å². The third-order valence-electron chi connectivity index (χ3n) is 1.65. The summed E-state index contributed by atoms with van der Waals surface area (Å²) in [6.07, 6.45) is 1.44. The van der Waals surface area contributed by atoms with Gasteiger partial charge in [0.2, 0.25) is 0 Å². The smallest absolute Gasteiger partial charge is 0.303 e. The number of nitrogen functional groups attached to an aromatic ring is 1. The van der Waals surface area contributed by atoms with Crippen LogP contribution < -0.4 is 5.73 Å². The van der Waals surface area contributed by atoms with Crippen LogP contribution in [-0.4, -0.2) is 16.1 Å². The molecule has 0 saturated carbocycles. The lowest BCUT2D eigenvalue weighted by molar-refractivity contribution is -0.137. The highest BCUT2D eigenvalue weighted by atomic mass is 35.5. The molecule has 78 valence electrons. The van der Waals surface area contributed by atoms with Crippen LogP contribution in [0.25, 0.3) is 0 Å². The summed E-state index contributed by atoms with van der Waals surface area (Å²) in [4.78, 5) is 14.3. The van der Waals surface area contributed by atoms with Gasteiger partial charge in [-0.1, -0.05) is 6.07 Å². The highest BCUT2D eigenvalue weighted by Gasteiger charge is 1.99. The molecular formula is C9H13ClN2O2. The molecule has 0 aliphatic carbocycles. The lowest BCUT2D eigenvalue weighted by atomic mass is 10.2. The number of rotatable bonds is 4. The minimum atomic E-state index is -0.774. The van der Waals surface area contributed by atoms with Gasteiger partial charge in [0.25, 0.3) is 0 Å². The van der Waals surface area contributed by atoms with Crippen LogP contribution in [0.3, 0.4) is 0 Å². The van der Waals surface area contributed by atoms with Gasteiger partial charge in [-0.2, -0.15) is 0 Å². The van der Waals surface area contributed by atoms with Gasteiger partial charge in [0.05, 0.1) is 0 Å². The maximum atomic E-state index is 10.2. The molecule has 0 radical (unpaired) electrons. The predicted octanol–water partition coefficient (Wildman–Crippen LogP) is 1.49. The molecule has 0 aromatic carbocycles. The molecule has 0 spiro atoms. The Kier molecular flexibility index (Phi) is 5.64. The molecule has 5 heteroatoms. The summed E-state index contributed by atoms with van der Waals surface area (Å²) in [5.74, 6) is -0.295. The van der Waals surface area contributed by atoms with Crippen molar-refractivity contribution in [3.63, 3.8) is 0 Å². The van der Waals surface area contributed by atoms with Crippen LogP contribution in [0.5, 0.6) is 0 Å². The molecule has 0 bridgehead atoms. The van der Waals surface area contributed by atoms with E-state index in [9.17, 15) is 4.79 Å². The Labute approximate surface area is 88.6 Å². The molecule has 0 amide bonds. The first-order valence-electron chi connectivity index (χ1n) is 4.11. The molecule has 0 saturated heterocycles. The molecule has 14 heavy (non-hydrogen) atoms. The molecular weight excluding hydrogens is 204 g/mol. The number of aliphatic carboxylic acids is 1. The topological polar surface area (TPSA) is 76.2 Å². The van der Waals surface area contributed by atoms with E-state index in [-0.39, 0.29) is 18.8 Å². The molecule has 0 atom stereocenters. The van der Waals surface area contributed by atoms with Crippen molar-refractivity contribution in [1.82, 2.24) is 4.98 Å². The van der Waals surface area contributed by atoms with Crippen LogP contribution in [0.4, 0.5) is 5.82 Å². The fourth-order valence-corrected chi connectivity index (χ4v) is 1.06. The van der Waals surface area contributed by atoms with Gasteiger partial charge in [-0.25, -0.2) is 4.98 Å². The van der Waals surface area contributed by atoms with Crippen molar-refractivity contribution < 1.29 is 9.90 Å². The first-order chi connectivity index (χ1) is 6.18. The quantitative estimate of drug-likeness (QED) is 0.800.